The summed E-state index contributed by atoms with van der Waals surface area (Å²) in [6.07, 6.45) is 0. The Morgan fingerprint density at radius 3 is 2.50 bits per heavy atom. The normalized spacial score (nSPS) is 26.7. The molecule has 0 aliphatic carbocycles. The molecule has 2 atom stereocenters. The van der Waals surface area contributed by atoms with Crippen molar-refractivity contribution in [3.8, 4) is 0 Å². The fraction of sp³-hybridized carbons (Fsp3) is 0.222. The Bertz CT molecular complexity index is 297. The number of rotatable bonds is 2. The largest absolute Gasteiger partial charge is 0.480 e. The molecule has 62 valence electrons. The van der Waals surface area contributed by atoms with Gasteiger partial charge < -0.3 is 5.11 Å². The molecule has 2 rings (SSSR count). The molecule has 1 aliphatic rings. The van der Waals surface area contributed by atoms with E-state index in [4.69, 9.17) is 5.11 Å². The summed E-state index contributed by atoms with van der Waals surface area (Å²) in [5.41, 5.74) is 1.05. The van der Waals surface area contributed by atoms with Crippen LogP contribution in [0, 0.1) is 0 Å². The molecule has 2 N–H and O–H groups in total. The van der Waals surface area contributed by atoms with E-state index >= 15 is 0 Å². The van der Waals surface area contributed by atoms with Crippen molar-refractivity contribution in [3.05, 3.63) is 35.9 Å². The Hall–Kier alpha value is -1.35. The van der Waals surface area contributed by atoms with Crippen LogP contribution in [0.15, 0.2) is 30.3 Å². The molecule has 0 bridgehead atoms. The first kappa shape index (κ1) is 7.31. The Kier molecular flexibility index (Phi) is 1.59. The van der Waals surface area contributed by atoms with Gasteiger partial charge in [0, 0.05) is 0 Å². The van der Waals surface area contributed by atoms with Crippen LogP contribution < -0.4 is 5.32 Å². The second-order valence-corrected chi connectivity index (χ2v) is 2.87. The quantitative estimate of drug-likeness (QED) is 0.633. The zero-order valence-corrected chi connectivity index (χ0v) is 6.40. The lowest BCUT2D eigenvalue weighted by Gasteiger charge is -1.93. The summed E-state index contributed by atoms with van der Waals surface area (Å²) in [5.74, 6) is -0.774. The molecule has 0 amide bonds. The lowest BCUT2D eigenvalue weighted by atomic mass is 10.1. The van der Waals surface area contributed by atoms with E-state index in [1.165, 1.54) is 0 Å². The van der Waals surface area contributed by atoms with Crippen LogP contribution in [0.4, 0.5) is 0 Å². The van der Waals surface area contributed by atoms with E-state index in [0.717, 1.165) is 5.56 Å². The SMILES string of the molecule is O=C(O)[C@@H]1N[C@H]1c1ccccc1. The summed E-state index contributed by atoms with van der Waals surface area (Å²) in [4.78, 5) is 10.5. The second-order valence-electron chi connectivity index (χ2n) is 2.87. The van der Waals surface area contributed by atoms with Crippen molar-refractivity contribution in [1.82, 2.24) is 5.32 Å². The van der Waals surface area contributed by atoms with Gasteiger partial charge in [-0.25, -0.2) is 0 Å². The van der Waals surface area contributed by atoms with Crippen molar-refractivity contribution in [3.63, 3.8) is 0 Å². The molecular formula is C9H9NO2. The van der Waals surface area contributed by atoms with Crippen LogP contribution in [0.5, 0.6) is 0 Å². The number of hydrogen-bond donors (Lipinski definition) is 2. The van der Waals surface area contributed by atoms with Crippen LogP contribution in [0.2, 0.25) is 0 Å². The van der Waals surface area contributed by atoms with Gasteiger partial charge in [-0.05, 0) is 5.56 Å². The zero-order chi connectivity index (χ0) is 8.55. The van der Waals surface area contributed by atoms with Gasteiger partial charge in [-0.2, -0.15) is 0 Å². The zero-order valence-electron chi connectivity index (χ0n) is 6.40. The van der Waals surface area contributed by atoms with Gasteiger partial charge in [-0.1, -0.05) is 30.3 Å². The van der Waals surface area contributed by atoms with E-state index in [1.807, 2.05) is 30.3 Å². The third-order valence-corrected chi connectivity index (χ3v) is 2.01. The van der Waals surface area contributed by atoms with E-state index in [2.05, 4.69) is 5.32 Å². The van der Waals surface area contributed by atoms with Crippen LogP contribution in [-0.2, 0) is 4.79 Å². The van der Waals surface area contributed by atoms with E-state index < -0.39 is 5.97 Å². The molecule has 1 aromatic rings. The summed E-state index contributed by atoms with van der Waals surface area (Å²) >= 11 is 0. The fourth-order valence-corrected chi connectivity index (χ4v) is 1.30. The van der Waals surface area contributed by atoms with Gasteiger partial charge in [0.25, 0.3) is 0 Å². The average Bonchev–Trinajstić information content (AvgIpc) is 2.84. The minimum absolute atomic E-state index is 0.0173. The molecule has 0 aromatic heterocycles. The third-order valence-electron chi connectivity index (χ3n) is 2.01. The second kappa shape index (κ2) is 2.60. The number of hydrogen-bond acceptors (Lipinski definition) is 2. The third kappa shape index (κ3) is 1.19. The van der Waals surface area contributed by atoms with Crippen LogP contribution in [0.3, 0.4) is 0 Å². The highest BCUT2D eigenvalue weighted by Crippen LogP contribution is 2.29. The number of carboxylic acid groups (broad SMARTS) is 1. The van der Waals surface area contributed by atoms with Crippen molar-refractivity contribution < 1.29 is 9.90 Å². The minimum Gasteiger partial charge on any atom is -0.480 e. The van der Waals surface area contributed by atoms with Crippen LogP contribution in [0.1, 0.15) is 11.6 Å². The summed E-state index contributed by atoms with van der Waals surface area (Å²) in [5, 5.41) is 11.5. The molecule has 1 saturated heterocycles. The summed E-state index contributed by atoms with van der Waals surface area (Å²) in [6.45, 7) is 0. The standard InChI is InChI=1S/C9H9NO2/c11-9(12)8-7(10-8)6-4-2-1-3-5-6/h1-5,7-8,10H,(H,11,12)/t7-,8+/m0/s1. The van der Waals surface area contributed by atoms with Gasteiger partial charge >= 0.3 is 5.97 Å². The Balaban J connectivity index is 2.11. The molecular weight excluding hydrogens is 154 g/mol. The number of nitrogens with one attached hydrogen (secondary N) is 1. The van der Waals surface area contributed by atoms with Crippen molar-refractivity contribution in [2.75, 3.05) is 0 Å². The van der Waals surface area contributed by atoms with Gasteiger partial charge in [0.2, 0.25) is 0 Å². The van der Waals surface area contributed by atoms with Gasteiger partial charge in [0.05, 0.1) is 6.04 Å². The van der Waals surface area contributed by atoms with Crippen molar-refractivity contribution in [2.24, 2.45) is 0 Å². The fourth-order valence-electron chi connectivity index (χ4n) is 1.30. The Morgan fingerprint density at radius 2 is 2.00 bits per heavy atom. The predicted octanol–water partition coefficient (Wildman–Crippen LogP) is 0.784. The first-order valence-electron chi connectivity index (χ1n) is 3.83. The number of carbonyl (C=O) groups is 1. The van der Waals surface area contributed by atoms with Crippen molar-refractivity contribution in [2.45, 2.75) is 12.1 Å². The van der Waals surface area contributed by atoms with Crippen molar-refractivity contribution in [1.29, 1.82) is 0 Å². The topological polar surface area (TPSA) is 59.2 Å². The first-order valence-corrected chi connectivity index (χ1v) is 3.83. The monoisotopic (exact) mass is 163 g/mol. The maximum Gasteiger partial charge on any atom is 0.322 e. The Labute approximate surface area is 70.0 Å². The molecule has 12 heavy (non-hydrogen) atoms. The minimum atomic E-state index is -0.774. The van der Waals surface area contributed by atoms with E-state index in [9.17, 15) is 4.79 Å². The number of benzene rings is 1. The van der Waals surface area contributed by atoms with E-state index in [1.54, 1.807) is 0 Å². The molecule has 1 aliphatic heterocycles. The molecule has 3 nitrogen and oxygen atoms in total. The highest BCUT2D eigenvalue weighted by Gasteiger charge is 2.43. The molecule has 1 fully saturated rings. The highest BCUT2D eigenvalue weighted by molar-refractivity contribution is 5.78. The molecule has 3 heteroatoms. The lowest BCUT2D eigenvalue weighted by molar-refractivity contribution is -0.136. The van der Waals surface area contributed by atoms with E-state index in [-0.39, 0.29) is 12.1 Å². The average molecular weight is 163 g/mol. The molecule has 1 aromatic carbocycles. The highest BCUT2D eigenvalue weighted by atomic mass is 16.4. The smallest absolute Gasteiger partial charge is 0.322 e. The number of carboxylic acids is 1. The molecule has 0 unspecified atom stereocenters. The molecule has 0 saturated carbocycles. The van der Waals surface area contributed by atoms with Gasteiger partial charge in [-0.3, -0.25) is 10.1 Å². The summed E-state index contributed by atoms with van der Waals surface area (Å²) in [6, 6.07) is 9.24. The van der Waals surface area contributed by atoms with E-state index in [0.29, 0.717) is 0 Å². The van der Waals surface area contributed by atoms with Crippen molar-refractivity contribution >= 4 is 5.97 Å². The van der Waals surface area contributed by atoms with Crippen LogP contribution in [0.25, 0.3) is 0 Å². The Morgan fingerprint density at radius 1 is 1.33 bits per heavy atom. The molecule has 0 spiro atoms. The molecule has 1 heterocycles. The first-order chi connectivity index (χ1) is 5.79. The maximum atomic E-state index is 10.5. The molecule has 0 radical (unpaired) electrons. The lowest BCUT2D eigenvalue weighted by Crippen LogP contribution is -2.07. The maximum absolute atomic E-state index is 10.5. The van der Waals surface area contributed by atoms with Crippen LogP contribution in [-0.4, -0.2) is 17.1 Å². The van der Waals surface area contributed by atoms with Gasteiger partial charge in [0.1, 0.15) is 6.04 Å². The predicted molar refractivity (Wildman–Crippen MR) is 43.7 cm³/mol. The van der Waals surface area contributed by atoms with Gasteiger partial charge in [-0.15, -0.1) is 0 Å². The number of aliphatic carboxylic acids is 1. The van der Waals surface area contributed by atoms with Crippen LogP contribution >= 0.6 is 0 Å². The van der Waals surface area contributed by atoms with Gasteiger partial charge in [0.15, 0.2) is 0 Å². The summed E-state index contributed by atoms with van der Waals surface area (Å²) in [7, 11) is 0. The summed E-state index contributed by atoms with van der Waals surface area (Å²) < 4.78 is 0.